The molecule has 0 aliphatic heterocycles. The summed E-state index contributed by atoms with van der Waals surface area (Å²) in [6.45, 7) is 9.35. The van der Waals surface area contributed by atoms with Crippen molar-refractivity contribution in [1.29, 1.82) is 0 Å². The average Bonchev–Trinajstić information content (AvgIpc) is 2.25. The Labute approximate surface area is 111 Å². The second kappa shape index (κ2) is 6.42. The summed E-state index contributed by atoms with van der Waals surface area (Å²) in [4.78, 5) is 0.684. The summed E-state index contributed by atoms with van der Waals surface area (Å²) in [5.74, 6) is 2.06. The van der Waals surface area contributed by atoms with Crippen LogP contribution in [-0.4, -0.2) is 4.83 Å². The normalized spacial score (nSPS) is 29.1. The van der Waals surface area contributed by atoms with Gasteiger partial charge in [0.2, 0.25) is 0 Å². The highest BCUT2D eigenvalue weighted by Gasteiger charge is 2.24. The summed E-state index contributed by atoms with van der Waals surface area (Å²) in [5, 5.41) is 0. The molecule has 0 nitrogen and oxygen atoms in total. The van der Waals surface area contributed by atoms with Crippen molar-refractivity contribution in [3.05, 3.63) is 0 Å². The molecule has 0 spiro atoms. The number of hydrogen-bond acceptors (Lipinski definition) is 0. The number of alkyl halides is 1. The van der Waals surface area contributed by atoms with E-state index >= 15 is 0 Å². The topological polar surface area (TPSA) is 0 Å². The summed E-state index contributed by atoms with van der Waals surface area (Å²) < 4.78 is 0. The largest absolute Gasteiger partial charge is 0.0885 e. The van der Waals surface area contributed by atoms with Crippen molar-refractivity contribution in [2.45, 2.75) is 77.5 Å². The third kappa shape index (κ3) is 4.77. The molecule has 0 aromatic carbocycles. The molecule has 1 atom stereocenters. The molecule has 0 radical (unpaired) electrons. The molecule has 0 bridgehead atoms. The Bertz CT molecular complexity index is 184. The number of halogens is 1. The Morgan fingerprint density at radius 3 is 2.00 bits per heavy atom. The molecule has 1 aliphatic rings. The SMILES string of the molecule is CCC1CCC(CCC(Br)C(C)(C)C)CC1. The Kier molecular flexibility index (Phi) is 5.84. The fraction of sp³-hybridized carbons (Fsp3) is 1.00. The molecule has 0 aromatic rings. The number of rotatable bonds is 4. The third-order valence-corrected chi connectivity index (χ3v) is 6.14. The molecule has 0 saturated heterocycles. The molecular formula is C15H29Br. The Balaban J connectivity index is 2.20. The molecule has 0 amide bonds. The van der Waals surface area contributed by atoms with Crippen LogP contribution >= 0.6 is 15.9 Å². The standard InChI is InChI=1S/C15H29Br/c1-5-12-6-8-13(9-7-12)10-11-14(16)15(2,3)4/h12-14H,5-11H2,1-4H3. The molecule has 16 heavy (non-hydrogen) atoms. The van der Waals surface area contributed by atoms with Crippen molar-refractivity contribution in [2.24, 2.45) is 17.3 Å². The number of hydrogen-bond donors (Lipinski definition) is 0. The van der Waals surface area contributed by atoms with Crippen molar-refractivity contribution in [1.82, 2.24) is 0 Å². The van der Waals surface area contributed by atoms with Gasteiger partial charge in [0.05, 0.1) is 0 Å². The molecule has 1 rings (SSSR count). The zero-order valence-electron chi connectivity index (χ0n) is 11.6. The first kappa shape index (κ1) is 14.5. The maximum absolute atomic E-state index is 3.85. The molecule has 0 N–H and O–H groups in total. The van der Waals surface area contributed by atoms with E-state index in [0.717, 1.165) is 11.8 Å². The van der Waals surface area contributed by atoms with Crippen molar-refractivity contribution in [3.63, 3.8) is 0 Å². The molecule has 1 saturated carbocycles. The molecule has 1 aliphatic carbocycles. The Morgan fingerprint density at radius 2 is 1.56 bits per heavy atom. The summed E-state index contributed by atoms with van der Waals surface area (Å²) in [6.07, 6.45) is 10.1. The highest BCUT2D eigenvalue weighted by atomic mass is 79.9. The first-order chi connectivity index (χ1) is 7.43. The second-order valence-corrected chi connectivity index (χ2v) is 7.81. The van der Waals surface area contributed by atoms with Gasteiger partial charge in [0.15, 0.2) is 0 Å². The van der Waals surface area contributed by atoms with Crippen LogP contribution in [0.4, 0.5) is 0 Å². The first-order valence-corrected chi connectivity index (χ1v) is 7.99. The van der Waals surface area contributed by atoms with Gasteiger partial charge in [0.1, 0.15) is 0 Å². The minimum absolute atomic E-state index is 0.417. The lowest BCUT2D eigenvalue weighted by Crippen LogP contribution is -2.22. The van der Waals surface area contributed by atoms with Crippen molar-refractivity contribution in [3.8, 4) is 0 Å². The van der Waals surface area contributed by atoms with Crippen LogP contribution in [0.25, 0.3) is 0 Å². The minimum Gasteiger partial charge on any atom is -0.0885 e. The van der Waals surface area contributed by atoms with Crippen LogP contribution in [-0.2, 0) is 0 Å². The van der Waals surface area contributed by atoms with Crippen molar-refractivity contribution < 1.29 is 0 Å². The third-order valence-electron chi connectivity index (χ3n) is 4.31. The molecule has 0 heterocycles. The summed E-state index contributed by atoms with van der Waals surface area (Å²) in [6, 6.07) is 0. The monoisotopic (exact) mass is 288 g/mol. The molecule has 1 fully saturated rings. The Hall–Kier alpha value is 0.480. The van der Waals surface area contributed by atoms with E-state index in [9.17, 15) is 0 Å². The van der Waals surface area contributed by atoms with Gasteiger partial charge in [-0.1, -0.05) is 75.7 Å². The van der Waals surface area contributed by atoms with E-state index in [4.69, 9.17) is 0 Å². The fourth-order valence-electron chi connectivity index (χ4n) is 2.74. The summed E-state index contributed by atoms with van der Waals surface area (Å²) >= 11 is 3.85. The molecule has 96 valence electrons. The van der Waals surface area contributed by atoms with E-state index in [0.29, 0.717) is 10.2 Å². The lowest BCUT2D eigenvalue weighted by molar-refractivity contribution is 0.246. The van der Waals surface area contributed by atoms with Crippen molar-refractivity contribution >= 4 is 15.9 Å². The predicted octanol–water partition coefficient (Wildman–Crippen LogP) is 5.79. The predicted molar refractivity (Wildman–Crippen MR) is 77.1 cm³/mol. The van der Waals surface area contributed by atoms with Gasteiger partial charge in [0.25, 0.3) is 0 Å². The molecule has 0 aromatic heterocycles. The lowest BCUT2D eigenvalue weighted by atomic mass is 9.78. The quantitative estimate of drug-likeness (QED) is 0.574. The first-order valence-electron chi connectivity index (χ1n) is 7.07. The van der Waals surface area contributed by atoms with Crippen LogP contribution in [0.1, 0.15) is 72.6 Å². The fourth-order valence-corrected chi connectivity index (χ4v) is 3.01. The maximum atomic E-state index is 3.85. The highest BCUT2D eigenvalue weighted by Crippen LogP contribution is 2.36. The van der Waals surface area contributed by atoms with Crippen molar-refractivity contribution in [2.75, 3.05) is 0 Å². The average molecular weight is 289 g/mol. The van der Waals surface area contributed by atoms with Crippen LogP contribution in [0.3, 0.4) is 0 Å². The maximum Gasteiger partial charge on any atom is 0.0194 e. The van der Waals surface area contributed by atoms with Gasteiger partial charge >= 0.3 is 0 Å². The van der Waals surface area contributed by atoms with E-state index in [1.165, 1.54) is 44.9 Å². The van der Waals surface area contributed by atoms with Gasteiger partial charge < -0.3 is 0 Å². The van der Waals surface area contributed by atoms with E-state index < -0.39 is 0 Å². The van der Waals surface area contributed by atoms with Gasteiger partial charge in [-0.25, -0.2) is 0 Å². The zero-order valence-corrected chi connectivity index (χ0v) is 13.1. The molecular weight excluding hydrogens is 260 g/mol. The summed E-state index contributed by atoms with van der Waals surface area (Å²) in [7, 11) is 0. The van der Waals surface area contributed by atoms with Crippen LogP contribution in [0, 0.1) is 17.3 Å². The molecule has 1 unspecified atom stereocenters. The van der Waals surface area contributed by atoms with Gasteiger partial charge in [-0.3, -0.25) is 0 Å². The van der Waals surface area contributed by atoms with Gasteiger partial charge in [-0.2, -0.15) is 0 Å². The van der Waals surface area contributed by atoms with Gasteiger partial charge in [0, 0.05) is 4.83 Å². The van der Waals surface area contributed by atoms with Crippen LogP contribution in [0.2, 0.25) is 0 Å². The minimum atomic E-state index is 0.417. The van der Waals surface area contributed by atoms with Crippen LogP contribution in [0.15, 0.2) is 0 Å². The lowest BCUT2D eigenvalue weighted by Gasteiger charge is -2.31. The zero-order chi connectivity index (χ0) is 12.2. The Morgan fingerprint density at radius 1 is 1.06 bits per heavy atom. The highest BCUT2D eigenvalue weighted by molar-refractivity contribution is 9.09. The van der Waals surface area contributed by atoms with E-state index in [1.54, 1.807) is 0 Å². The van der Waals surface area contributed by atoms with Gasteiger partial charge in [-0.05, 0) is 30.1 Å². The second-order valence-electron chi connectivity index (χ2n) is 6.71. The van der Waals surface area contributed by atoms with E-state index in [2.05, 4.69) is 43.6 Å². The van der Waals surface area contributed by atoms with E-state index in [1.807, 2.05) is 0 Å². The van der Waals surface area contributed by atoms with Crippen LogP contribution < -0.4 is 0 Å². The summed E-state index contributed by atoms with van der Waals surface area (Å²) in [5.41, 5.74) is 0.417. The van der Waals surface area contributed by atoms with Gasteiger partial charge in [-0.15, -0.1) is 0 Å². The molecule has 1 heteroatoms. The van der Waals surface area contributed by atoms with Crippen LogP contribution in [0.5, 0.6) is 0 Å². The van der Waals surface area contributed by atoms with E-state index in [-0.39, 0.29) is 0 Å². The smallest absolute Gasteiger partial charge is 0.0194 e.